The van der Waals surface area contributed by atoms with Gasteiger partial charge in [-0.1, -0.05) is 6.07 Å². The van der Waals surface area contributed by atoms with Crippen molar-refractivity contribution in [1.29, 1.82) is 0 Å². The summed E-state index contributed by atoms with van der Waals surface area (Å²) in [5, 5.41) is 3.43. The summed E-state index contributed by atoms with van der Waals surface area (Å²) in [4.78, 5) is 4.36. The minimum absolute atomic E-state index is 0.350. The Morgan fingerprint density at radius 1 is 1.53 bits per heavy atom. The van der Waals surface area contributed by atoms with Gasteiger partial charge < -0.3 is 10.1 Å². The van der Waals surface area contributed by atoms with Gasteiger partial charge in [0.15, 0.2) is 0 Å². The van der Waals surface area contributed by atoms with E-state index in [-0.39, 0.29) is 0 Å². The molecule has 0 radical (unpaired) electrons. The number of hydrogen-bond acceptors (Lipinski definition) is 3. The summed E-state index contributed by atoms with van der Waals surface area (Å²) < 4.78 is 6.37. The third kappa shape index (κ3) is 3.18. The van der Waals surface area contributed by atoms with Gasteiger partial charge in [0.25, 0.3) is 0 Å². The highest BCUT2D eigenvalue weighted by Gasteiger charge is 2.19. The average molecular weight is 271 g/mol. The fraction of sp³-hybridized carbons (Fsp3) is 0.545. The Bertz CT molecular complexity index is 332. The second-order valence-electron chi connectivity index (χ2n) is 3.89. The van der Waals surface area contributed by atoms with Gasteiger partial charge in [0, 0.05) is 12.6 Å². The van der Waals surface area contributed by atoms with Crippen molar-refractivity contribution in [2.75, 3.05) is 11.9 Å². The summed E-state index contributed by atoms with van der Waals surface area (Å²) in [5.74, 6) is 0.934. The predicted octanol–water partition coefficient (Wildman–Crippen LogP) is 2.82. The lowest BCUT2D eigenvalue weighted by molar-refractivity contribution is 0.0232. The van der Waals surface area contributed by atoms with Crippen molar-refractivity contribution >= 4 is 21.7 Å². The first-order valence-corrected chi connectivity index (χ1v) is 6.04. The molecule has 15 heavy (non-hydrogen) atoms. The van der Waals surface area contributed by atoms with E-state index in [4.69, 9.17) is 4.74 Å². The summed E-state index contributed by atoms with van der Waals surface area (Å²) in [5.41, 5.74) is 0. The molecule has 0 bridgehead atoms. The largest absolute Gasteiger partial charge is 0.378 e. The van der Waals surface area contributed by atoms with Gasteiger partial charge in [0.2, 0.25) is 0 Å². The lowest BCUT2D eigenvalue weighted by Gasteiger charge is -2.28. The minimum atomic E-state index is 0.350. The maximum absolute atomic E-state index is 5.50. The van der Waals surface area contributed by atoms with Crippen LogP contribution >= 0.6 is 15.9 Å². The molecule has 1 N–H and O–H groups in total. The van der Waals surface area contributed by atoms with E-state index < -0.39 is 0 Å². The third-order valence-corrected chi connectivity index (χ3v) is 2.99. The summed E-state index contributed by atoms with van der Waals surface area (Å²) in [7, 11) is 0. The normalized spacial score (nSPS) is 26.3. The van der Waals surface area contributed by atoms with Crippen LogP contribution in [0.2, 0.25) is 0 Å². The monoisotopic (exact) mass is 270 g/mol. The smallest absolute Gasteiger partial charge is 0.127 e. The molecule has 4 heteroatoms. The van der Waals surface area contributed by atoms with E-state index >= 15 is 0 Å². The van der Waals surface area contributed by atoms with Crippen LogP contribution in [0.4, 0.5) is 5.82 Å². The Balaban J connectivity index is 1.96. The number of nitrogens with one attached hydrogen (secondary N) is 1. The van der Waals surface area contributed by atoms with Crippen LogP contribution in [-0.2, 0) is 4.74 Å². The molecule has 1 aromatic rings. The molecule has 1 fully saturated rings. The summed E-state index contributed by atoms with van der Waals surface area (Å²) in [6.07, 6.45) is 2.45. The van der Waals surface area contributed by atoms with Gasteiger partial charge in [0.1, 0.15) is 10.4 Å². The predicted molar refractivity (Wildman–Crippen MR) is 64.0 cm³/mol. The highest BCUT2D eigenvalue weighted by atomic mass is 79.9. The van der Waals surface area contributed by atoms with Gasteiger partial charge in [-0.05, 0) is 47.8 Å². The van der Waals surface area contributed by atoms with Crippen LogP contribution in [0, 0.1) is 0 Å². The SMILES string of the molecule is CC1CC(Nc2cccc(Br)n2)CCO1. The van der Waals surface area contributed by atoms with Gasteiger partial charge in [0.05, 0.1) is 6.10 Å². The molecule has 1 aromatic heterocycles. The average Bonchev–Trinajstić information content (AvgIpc) is 2.17. The van der Waals surface area contributed by atoms with Gasteiger partial charge in [-0.3, -0.25) is 0 Å². The quantitative estimate of drug-likeness (QED) is 0.840. The van der Waals surface area contributed by atoms with Crippen molar-refractivity contribution in [1.82, 2.24) is 4.98 Å². The second-order valence-corrected chi connectivity index (χ2v) is 4.71. The fourth-order valence-electron chi connectivity index (χ4n) is 1.83. The van der Waals surface area contributed by atoms with E-state index in [0.717, 1.165) is 29.9 Å². The van der Waals surface area contributed by atoms with Crippen molar-refractivity contribution in [3.8, 4) is 0 Å². The molecule has 1 aliphatic heterocycles. The van der Waals surface area contributed by atoms with Crippen LogP contribution in [0.1, 0.15) is 19.8 Å². The van der Waals surface area contributed by atoms with Crippen LogP contribution in [0.3, 0.4) is 0 Å². The Morgan fingerprint density at radius 2 is 2.40 bits per heavy atom. The Morgan fingerprint density at radius 3 is 3.13 bits per heavy atom. The molecular weight excluding hydrogens is 256 g/mol. The fourth-order valence-corrected chi connectivity index (χ4v) is 2.17. The molecule has 0 spiro atoms. The Kier molecular flexibility index (Phi) is 3.59. The topological polar surface area (TPSA) is 34.2 Å². The lowest BCUT2D eigenvalue weighted by atomic mass is 10.0. The van der Waals surface area contributed by atoms with Crippen molar-refractivity contribution in [3.63, 3.8) is 0 Å². The molecule has 0 aromatic carbocycles. The van der Waals surface area contributed by atoms with Crippen LogP contribution in [0.5, 0.6) is 0 Å². The van der Waals surface area contributed by atoms with Crippen molar-refractivity contribution in [2.24, 2.45) is 0 Å². The minimum Gasteiger partial charge on any atom is -0.378 e. The van der Waals surface area contributed by atoms with Crippen molar-refractivity contribution in [3.05, 3.63) is 22.8 Å². The molecule has 0 aliphatic carbocycles. The first-order chi connectivity index (χ1) is 7.24. The maximum Gasteiger partial charge on any atom is 0.127 e. The highest BCUT2D eigenvalue weighted by molar-refractivity contribution is 9.10. The van der Waals surface area contributed by atoms with E-state index in [1.807, 2.05) is 18.2 Å². The van der Waals surface area contributed by atoms with Gasteiger partial charge >= 0.3 is 0 Å². The van der Waals surface area contributed by atoms with Crippen LogP contribution < -0.4 is 5.32 Å². The molecule has 2 heterocycles. The summed E-state index contributed by atoms with van der Waals surface area (Å²) >= 11 is 3.36. The second kappa shape index (κ2) is 4.94. The number of ether oxygens (including phenoxy) is 1. The number of hydrogen-bond donors (Lipinski definition) is 1. The number of anilines is 1. The van der Waals surface area contributed by atoms with E-state index in [0.29, 0.717) is 12.1 Å². The first-order valence-electron chi connectivity index (χ1n) is 5.25. The summed E-state index contributed by atoms with van der Waals surface area (Å²) in [6, 6.07) is 6.39. The van der Waals surface area contributed by atoms with Gasteiger partial charge in [-0.2, -0.15) is 0 Å². The van der Waals surface area contributed by atoms with Crippen molar-refractivity contribution < 1.29 is 4.74 Å². The molecule has 1 aliphatic rings. The van der Waals surface area contributed by atoms with Gasteiger partial charge in [-0.25, -0.2) is 4.98 Å². The third-order valence-electron chi connectivity index (χ3n) is 2.55. The molecule has 0 saturated carbocycles. The molecule has 0 amide bonds. The molecule has 2 unspecified atom stereocenters. The standard InChI is InChI=1S/C11H15BrN2O/c1-8-7-9(5-6-15-8)13-11-4-2-3-10(12)14-11/h2-4,8-9H,5-7H2,1H3,(H,13,14). The number of halogens is 1. The molecule has 3 nitrogen and oxygen atoms in total. The molecule has 2 rings (SSSR count). The number of rotatable bonds is 2. The highest BCUT2D eigenvalue weighted by Crippen LogP contribution is 2.18. The van der Waals surface area contributed by atoms with E-state index in [2.05, 4.69) is 33.2 Å². The Hall–Kier alpha value is -0.610. The van der Waals surface area contributed by atoms with Gasteiger partial charge in [-0.15, -0.1) is 0 Å². The van der Waals surface area contributed by atoms with E-state index in [1.54, 1.807) is 0 Å². The van der Waals surface area contributed by atoms with E-state index in [9.17, 15) is 0 Å². The van der Waals surface area contributed by atoms with E-state index in [1.165, 1.54) is 0 Å². The molecule has 1 saturated heterocycles. The summed E-state index contributed by atoms with van der Waals surface area (Å²) in [6.45, 7) is 2.95. The van der Waals surface area contributed by atoms with Crippen LogP contribution in [0.15, 0.2) is 22.8 Å². The lowest BCUT2D eigenvalue weighted by Crippen LogP contribution is -2.32. The zero-order chi connectivity index (χ0) is 10.7. The maximum atomic E-state index is 5.50. The van der Waals surface area contributed by atoms with Crippen LogP contribution in [-0.4, -0.2) is 23.7 Å². The van der Waals surface area contributed by atoms with Crippen molar-refractivity contribution in [2.45, 2.75) is 31.9 Å². The molecule has 2 atom stereocenters. The zero-order valence-corrected chi connectivity index (χ0v) is 10.3. The number of aromatic nitrogens is 1. The Labute approximate surface area is 98.4 Å². The molecule has 82 valence electrons. The number of nitrogens with zero attached hydrogens (tertiary/aromatic N) is 1. The van der Waals surface area contributed by atoms with Crippen LogP contribution in [0.25, 0.3) is 0 Å². The number of pyridine rings is 1. The first kappa shape index (κ1) is 10.9. The molecular formula is C11H15BrN2O. The zero-order valence-electron chi connectivity index (χ0n) is 8.74.